The molecule has 0 spiro atoms. The molecule has 0 saturated heterocycles. The van der Waals surface area contributed by atoms with Crippen LogP contribution in [0.15, 0.2) is 36.4 Å². The maximum Gasteiger partial charge on any atom is 0.150 e. The molecule has 3 aromatic rings. The van der Waals surface area contributed by atoms with Crippen LogP contribution in [0.1, 0.15) is 10.4 Å². The van der Waals surface area contributed by atoms with E-state index in [9.17, 15) is 4.79 Å². The molecule has 3 rings (SSSR count). The van der Waals surface area contributed by atoms with Gasteiger partial charge in [-0.1, -0.05) is 18.2 Å². The molecule has 0 N–H and O–H groups in total. The van der Waals surface area contributed by atoms with E-state index in [2.05, 4.69) is 12.1 Å². The highest BCUT2D eigenvalue weighted by Crippen LogP contribution is 2.39. The molecule has 0 aliphatic carbocycles. The first kappa shape index (κ1) is 10.3. The first-order valence-electron chi connectivity index (χ1n) is 5.28. The van der Waals surface area contributed by atoms with Crippen LogP contribution in [0.4, 0.5) is 0 Å². The Bertz CT molecular complexity index is 713. The molecule has 0 atom stereocenters. The van der Waals surface area contributed by atoms with Gasteiger partial charge in [0.25, 0.3) is 0 Å². The number of aldehydes is 1. The highest BCUT2D eigenvalue weighted by Gasteiger charge is 2.10. The van der Waals surface area contributed by atoms with E-state index in [4.69, 9.17) is 4.74 Å². The lowest BCUT2D eigenvalue weighted by molar-refractivity contribution is 0.112. The zero-order valence-electron chi connectivity index (χ0n) is 9.27. The van der Waals surface area contributed by atoms with Gasteiger partial charge in [-0.15, -0.1) is 11.3 Å². The van der Waals surface area contributed by atoms with Crippen LogP contribution in [0.25, 0.3) is 20.2 Å². The normalized spacial score (nSPS) is 10.9. The zero-order chi connectivity index (χ0) is 11.8. The average Bonchev–Trinajstić information content (AvgIpc) is 2.76. The number of methoxy groups -OCH3 is 1. The molecule has 2 aromatic carbocycles. The summed E-state index contributed by atoms with van der Waals surface area (Å²) in [6.45, 7) is 0. The van der Waals surface area contributed by atoms with Gasteiger partial charge < -0.3 is 4.74 Å². The lowest BCUT2D eigenvalue weighted by Gasteiger charge is -2.02. The Balaban J connectivity index is 2.51. The lowest BCUT2D eigenvalue weighted by atomic mass is 10.1. The van der Waals surface area contributed by atoms with E-state index >= 15 is 0 Å². The maximum atomic E-state index is 10.9. The molecule has 3 heteroatoms. The predicted molar refractivity (Wildman–Crippen MR) is 71.3 cm³/mol. The zero-order valence-corrected chi connectivity index (χ0v) is 10.1. The van der Waals surface area contributed by atoms with Crippen LogP contribution in [0.3, 0.4) is 0 Å². The number of fused-ring (bicyclic) bond motifs is 3. The number of ether oxygens (including phenoxy) is 1. The Morgan fingerprint density at radius 1 is 1.18 bits per heavy atom. The monoisotopic (exact) mass is 242 g/mol. The van der Waals surface area contributed by atoms with Crippen LogP contribution in [0.5, 0.6) is 5.75 Å². The van der Waals surface area contributed by atoms with Crippen LogP contribution < -0.4 is 4.74 Å². The van der Waals surface area contributed by atoms with E-state index < -0.39 is 0 Å². The van der Waals surface area contributed by atoms with Crippen molar-refractivity contribution in [2.75, 3.05) is 7.11 Å². The fourth-order valence-corrected chi connectivity index (χ4v) is 3.21. The van der Waals surface area contributed by atoms with Gasteiger partial charge in [0.05, 0.1) is 11.8 Å². The SMILES string of the molecule is COc1cc(C=O)cc2c1sc1ccccc12. The van der Waals surface area contributed by atoms with Crippen molar-refractivity contribution >= 4 is 37.8 Å². The fourth-order valence-electron chi connectivity index (χ4n) is 2.04. The minimum atomic E-state index is 0.651. The molecule has 17 heavy (non-hydrogen) atoms. The number of rotatable bonds is 2. The molecule has 0 bridgehead atoms. The topological polar surface area (TPSA) is 26.3 Å². The highest BCUT2D eigenvalue weighted by atomic mass is 32.1. The van der Waals surface area contributed by atoms with Gasteiger partial charge in [-0.2, -0.15) is 0 Å². The molecular formula is C14H10O2S. The Morgan fingerprint density at radius 3 is 2.76 bits per heavy atom. The average molecular weight is 242 g/mol. The second-order valence-corrected chi connectivity index (χ2v) is 4.87. The number of thiophene rings is 1. The van der Waals surface area contributed by atoms with Crippen LogP contribution >= 0.6 is 11.3 Å². The summed E-state index contributed by atoms with van der Waals surface area (Å²) >= 11 is 1.69. The molecule has 0 aliphatic heterocycles. The van der Waals surface area contributed by atoms with E-state index in [1.807, 2.05) is 18.2 Å². The first-order valence-corrected chi connectivity index (χ1v) is 6.09. The molecular weight excluding hydrogens is 232 g/mol. The number of carbonyl (C=O) groups excluding carboxylic acids is 1. The summed E-state index contributed by atoms with van der Waals surface area (Å²) in [6.07, 6.45) is 0.856. The largest absolute Gasteiger partial charge is 0.495 e. The van der Waals surface area contributed by atoms with E-state index in [1.54, 1.807) is 24.5 Å². The molecule has 0 amide bonds. The van der Waals surface area contributed by atoms with Crippen molar-refractivity contribution in [1.82, 2.24) is 0 Å². The number of hydrogen-bond donors (Lipinski definition) is 0. The maximum absolute atomic E-state index is 10.9. The minimum Gasteiger partial charge on any atom is -0.495 e. The van der Waals surface area contributed by atoms with Gasteiger partial charge in [-0.3, -0.25) is 4.79 Å². The molecule has 0 fully saturated rings. The quantitative estimate of drug-likeness (QED) is 0.637. The second kappa shape index (κ2) is 3.86. The van der Waals surface area contributed by atoms with Crippen LogP contribution in [0.2, 0.25) is 0 Å². The molecule has 1 heterocycles. The van der Waals surface area contributed by atoms with E-state index in [0.29, 0.717) is 5.56 Å². The molecule has 0 saturated carbocycles. The van der Waals surface area contributed by atoms with Crippen molar-refractivity contribution in [2.24, 2.45) is 0 Å². The third kappa shape index (κ3) is 1.51. The number of benzene rings is 2. The summed E-state index contributed by atoms with van der Waals surface area (Å²) in [5, 5.41) is 2.27. The van der Waals surface area contributed by atoms with Gasteiger partial charge in [-0.05, 0) is 18.2 Å². The van der Waals surface area contributed by atoms with Gasteiger partial charge in [0.2, 0.25) is 0 Å². The smallest absolute Gasteiger partial charge is 0.150 e. The van der Waals surface area contributed by atoms with Gasteiger partial charge in [0.15, 0.2) is 0 Å². The molecule has 2 nitrogen and oxygen atoms in total. The van der Waals surface area contributed by atoms with Crippen molar-refractivity contribution in [3.05, 3.63) is 42.0 Å². The fraction of sp³-hybridized carbons (Fsp3) is 0.0714. The van der Waals surface area contributed by atoms with Gasteiger partial charge in [0, 0.05) is 21.0 Å². The van der Waals surface area contributed by atoms with Crippen molar-refractivity contribution < 1.29 is 9.53 Å². The Labute approximate surface area is 102 Å². The summed E-state index contributed by atoms with van der Waals surface area (Å²) in [5.41, 5.74) is 0.651. The van der Waals surface area contributed by atoms with Gasteiger partial charge in [-0.25, -0.2) is 0 Å². The van der Waals surface area contributed by atoms with Crippen LogP contribution in [0, 0.1) is 0 Å². The first-order chi connectivity index (χ1) is 8.33. The molecule has 0 aliphatic rings. The highest BCUT2D eigenvalue weighted by molar-refractivity contribution is 7.26. The predicted octanol–water partition coefficient (Wildman–Crippen LogP) is 3.88. The van der Waals surface area contributed by atoms with Crippen LogP contribution in [-0.4, -0.2) is 13.4 Å². The molecule has 0 unspecified atom stereocenters. The van der Waals surface area contributed by atoms with E-state index in [1.165, 1.54) is 10.1 Å². The molecule has 1 aromatic heterocycles. The van der Waals surface area contributed by atoms with Crippen molar-refractivity contribution in [3.8, 4) is 5.75 Å². The summed E-state index contributed by atoms with van der Waals surface area (Å²) in [5.74, 6) is 0.769. The van der Waals surface area contributed by atoms with E-state index in [-0.39, 0.29) is 0 Å². The minimum absolute atomic E-state index is 0.651. The summed E-state index contributed by atoms with van der Waals surface area (Å²) in [6, 6.07) is 11.9. The lowest BCUT2D eigenvalue weighted by Crippen LogP contribution is -1.86. The molecule has 84 valence electrons. The Morgan fingerprint density at radius 2 is 2.00 bits per heavy atom. The summed E-state index contributed by atoms with van der Waals surface area (Å²) < 4.78 is 7.66. The molecule has 0 radical (unpaired) electrons. The van der Waals surface area contributed by atoms with Crippen molar-refractivity contribution in [3.63, 3.8) is 0 Å². The Hall–Kier alpha value is -1.87. The third-order valence-electron chi connectivity index (χ3n) is 2.82. The van der Waals surface area contributed by atoms with Crippen molar-refractivity contribution in [2.45, 2.75) is 0 Å². The van der Waals surface area contributed by atoms with Crippen molar-refractivity contribution in [1.29, 1.82) is 0 Å². The second-order valence-electron chi connectivity index (χ2n) is 3.82. The van der Waals surface area contributed by atoms with E-state index in [0.717, 1.165) is 22.1 Å². The summed E-state index contributed by atoms with van der Waals surface area (Å²) in [7, 11) is 1.63. The Kier molecular flexibility index (Phi) is 2.34. The van der Waals surface area contributed by atoms with Crippen LogP contribution in [-0.2, 0) is 0 Å². The summed E-state index contributed by atoms with van der Waals surface area (Å²) in [4.78, 5) is 10.9. The standard InChI is InChI=1S/C14H10O2S/c1-16-12-7-9(8-15)6-11-10-4-2-3-5-13(10)17-14(11)12/h2-8H,1H3. The number of hydrogen-bond acceptors (Lipinski definition) is 3. The third-order valence-corrected chi connectivity index (χ3v) is 4.02. The number of carbonyl (C=O) groups is 1. The van der Waals surface area contributed by atoms with Gasteiger partial charge >= 0.3 is 0 Å². The van der Waals surface area contributed by atoms with Gasteiger partial charge in [0.1, 0.15) is 12.0 Å².